The molecular formula is C27H22ClN3O3. The molecule has 0 spiro atoms. The van der Waals surface area contributed by atoms with Crippen molar-refractivity contribution in [1.29, 1.82) is 0 Å². The first kappa shape index (κ1) is 21.8. The molecule has 0 aliphatic heterocycles. The number of benzene rings is 3. The number of aryl methyl sites for hydroxylation is 1. The van der Waals surface area contributed by atoms with Crippen molar-refractivity contribution in [2.75, 3.05) is 6.61 Å². The first-order chi connectivity index (χ1) is 16.5. The van der Waals surface area contributed by atoms with E-state index in [-0.39, 0.29) is 18.3 Å². The van der Waals surface area contributed by atoms with E-state index in [2.05, 4.69) is 10.3 Å². The van der Waals surface area contributed by atoms with E-state index >= 15 is 0 Å². The van der Waals surface area contributed by atoms with Gasteiger partial charge in [0, 0.05) is 46.9 Å². The maximum atomic E-state index is 13.0. The number of carbonyl (C=O) groups excluding carboxylic acids is 1. The lowest BCUT2D eigenvalue weighted by atomic mass is 9.95. The fourth-order valence-electron chi connectivity index (χ4n) is 4.22. The number of hydrogen-bond acceptors (Lipinski definition) is 4. The molecular weight excluding hydrogens is 450 g/mol. The molecule has 5 rings (SSSR count). The lowest BCUT2D eigenvalue weighted by Crippen LogP contribution is -2.33. The average Bonchev–Trinajstić information content (AvgIpc) is 3.20. The lowest BCUT2D eigenvalue weighted by molar-refractivity contribution is -0.123. The van der Waals surface area contributed by atoms with E-state index in [9.17, 15) is 9.90 Å². The van der Waals surface area contributed by atoms with Crippen LogP contribution in [-0.4, -0.2) is 27.2 Å². The largest absolute Gasteiger partial charge is 0.505 e. The monoisotopic (exact) mass is 471 g/mol. The average molecular weight is 472 g/mol. The summed E-state index contributed by atoms with van der Waals surface area (Å²) in [7, 11) is 1.94. The minimum atomic E-state index is -0.679. The first-order valence-electron chi connectivity index (χ1n) is 10.8. The zero-order chi connectivity index (χ0) is 23.7. The van der Waals surface area contributed by atoms with Crippen molar-refractivity contribution in [3.05, 3.63) is 101 Å². The van der Waals surface area contributed by atoms with E-state index in [0.29, 0.717) is 27.2 Å². The molecule has 0 saturated heterocycles. The summed E-state index contributed by atoms with van der Waals surface area (Å²) < 4.78 is 7.63. The first-order valence-corrected chi connectivity index (χ1v) is 11.2. The fourth-order valence-corrected chi connectivity index (χ4v) is 4.49. The van der Waals surface area contributed by atoms with Gasteiger partial charge in [0.25, 0.3) is 5.91 Å². The van der Waals surface area contributed by atoms with Crippen molar-refractivity contribution >= 4 is 39.3 Å². The van der Waals surface area contributed by atoms with Gasteiger partial charge in [-0.25, -0.2) is 0 Å². The second-order valence-electron chi connectivity index (χ2n) is 8.01. The Morgan fingerprint density at radius 3 is 2.62 bits per heavy atom. The standard InChI is InChI=1S/C27H22ClN3O3/c1-31-15-21(18-10-5-6-12-23(18)31)25(30-24(32)16-34-17-8-3-2-4-9-17)20-14-22(28)19-11-7-13-29-26(19)27(20)33/h2-15,25,33H,16H2,1H3,(H,30,32). The van der Waals surface area contributed by atoms with Crippen LogP contribution in [0.2, 0.25) is 5.02 Å². The Labute approximate surface area is 201 Å². The number of carbonyl (C=O) groups is 1. The van der Waals surface area contributed by atoms with Crippen LogP contribution in [0.25, 0.3) is 21.8 Å². The number of hydrogen-bond donors (Lipinski definition) is 2. The number of phenolic OH excluding ortho intramolecular Hbond substituents is 1. The maximum Gasteiger partial charge on any atom is 0.258 e. The van der Waals surface area contributed by atoms with Crippen LogP contribution in [0.1, 0.15) is 17.2 Å². The maximum absolute atomic E-state index is 13.0. The van der Waals surface area contributed by atoms with Gasteiger partial charge in [-0.3, -0.25) is 9.78 Å². The number of phenols is 1. The molecule has 170 valence electrons. The molecule has 2 aromatic heterocycles. The summed E-state index contributed by atoms with van der Waals surface area (Å²) in [6.07, 6.45) is 3.55. The lowest BCUT2D eigenvalue weighted by Gasteiger charge is -2.21. The van der Waals surface area contributed by atoms with Gasteiger partial charge in [-0.15, -0.1) is 0 Å². The highest BCUT2D eigenvalue weighted by Crippen LogP contribution is 2.40. The Balaban J connectivity index is 1.58. The topological polar surface area (TPSA) is 76.4 Å². The van der Waals surface area contributed by atoms with Gasteiger partial charge in [0.15, 0.2) is 6.61 Å². The van der Waals surface area contributed by atoms with Crippen LogP contribution in [0.5, 0.6) is 11.5 Å². The van der Waals surface area contributed by atoms with Gasteiger partial charge in [-0.1, -0.05) is 48.0 Å². The molecule has 5 aromatic rings. The Bertz CT molecular complexity index is 1500. The van der Waals surface area contributed by atoms with Crippen LogP contribution in [-0.2, 0) is 11.8 Å². The third-order valence-corrected chi connectivity index (χ3v) is 6.13. The van der Waals surface area contributed by atoms with Gasteiger partial charge in [0.1, 0.15) is 17.0 Å². The zero-order valence-corrected chi connectivity index (χ0v) is 19.2. The molecule has 2 N–H and O–H groups in total. The molecule has 0 saturated carbocycles. The fraction of sp³-hybridized carbons (Fsp3) is 0.111. The molecule has 34 heavy (non-hydrogen) atoms. The number of aromatic hydroxyl groups is 1. The Kier molecular flexibility index (Phi) is 5.82. The number of nitrogens with zero attached hydrogens (tertiary/aromatic N) is 2. The minimum absolute atomic E-state index is 0.0257. The van der Waals surface area contributed by atoms with Crippen molar-refractivity contribution in [2.24, 2.45) is 7.05 Å². The second kappa shape index (κ2) is 9.08. The third kappa shape index (κ3) is 4.04. The molecule has 1 amide bonds. The minimum Gasteiger partial charge on any atom is -0.505 e. The summed E-state index contributed by atoms with van der Waals surface area (Å²) in [5.74, 6) is 0.237. The van der Waals surface area contributed by atoms with E-state index in [1.165, 1.54) is 0 Å². The summed E-state index contributed by atoms with van der Waals surface area (Å²) >= 11 is 6.57. The van der Waals surface area contributed by atoms with Crippen LogP contribution in [0.3, 0.4) is 0 Å². The second-order valence-corrected chi connectivity index (χ2v) is 8.42. The number of pyridine rings is 1. The highest BCUT2D eigenvalue weighted by molar-refractivity contribution is 6.35. The Hall–Kier alpha value is -4.03. The van der Waals surface area contributed by atoms with Crippen LogP contribution >= 0.6 is 11.6 Å². The van der Waals surface area contributed by atoms with Crippen molar-refractivity contribution in [1.82, 2.24) is 14.9 Å². The van der Waals surface area contributed by atoms with Crippen molar-refractivity contribution in [3.63, 3.8) is 0 Å². The molecule has 0 aliphatic rings. The number of fused-ring (bicyclic) bond motifs is 2. The Morgan fingerprint density at radius 2 is 1.79 bits per heavy atom. The number of para-hydroxylation sites is 2. The van der Waals surface area contributed by atoms with Crippen molar-refractivity contribution in [2.45, 2.75) is 6.04 Å². The normalized spacial score (nSPS) is 12.1. The number of nitrogens with one attached hydrogen (secondary N) is 1. The van der Waals surface area contributed by atoms with E-state index < -0.39 is 6.04 Å². The molecule has 0 aliphatic carbocycles. The van der Waals surface area contributed by atoms with Gasteiger partial charge >= 0.3 is 0 Å². The number of ether oxygens (including phenoxy) is 1. The van der Waals surface area contributed by atoms with Crippen LogP contribution in [0.4, 0.5) is 0 Å². The summed E-state index contributed by atoms with van der Waals surface area (Å²) in [5, 5.41) is 16.3. The van der Waals surface area contributed by atoms with Crippen LogP contribution in [0, 0.1) is 0 Å². The smallest absolute Gasteiger partial charge is 0.258 e. The zero-order valence-electron chi connectivity index (χ0n) is 18.4. The summed E-state index contributed by atoms with van der Waals surface area (Å²) in [6, 6.07) is 21.6. The predicted molar refractivity (Wildman–Crippen MR) is 133 cm³/mol. The molecule has 0 fully saturated rings. The van der Waals surface area contributed by atoms with E-state index in [0.717, 1.165) is 16.5 Å². The van der Waals surface area contributed by atoms with Gasteiger partial charge in [0.2, 0.25) is 0 Å². The molecule has 1 atom stereocenters. The Morgan fingerprint density at radius 1 is 1.06 bits per heavy atom. The molecule has 6 nitrogen and oxygen atoms in total. The molecule has 2 heterocycles. The quantitative estimate of drug-likeness (QED) is 0.349. The van der Waals surface area contributed by atoms with Crippen LogP contribution in [0.15, 0.2) is 85.2 Å². The van der Waals surface area contributed by atoms with Gasteiger partial charge in [-0.2, -0.15) is 0 Å². The van der Waals surface area contributed by atoms with Gasteiger partial charge in [-0.05, 0) is 36.4 Å². The number of halogens is 1. The van der Waals surface area contributed by atoms with Crippen molar-refractivity contribution in [3.8, 4) is 11.5 Å². The molecule has 0 bridgehead atoms. The number of rotatable bonds is 6. The molecule has 1 unspecified atom stereocenters. The highest BCUT2D eigenvalue weighted by Gasteiger charge is 2.26. The highest BCUT2D eigenvalue weighted by atomic mass is 35.5. The van der Waals surface area contributed by atoms with Gasteiger partial charge < -0.3 is 19.7 Å². The number of aromatic nitrogens is 2. The van der Waals surface area contributed by atoms with E-state index in [1.807, 2.05) is 60.3 Å². The third-order valence-electron chi connectivity index (χ3n) is 5.81. The van der Waals surface area contributed by atoms with Crippen LogP contribution < -0.4 is 10.1 Å². The predicted octanol–water partition coefficient (Wildman–Crippen LogP) is 5.37. The number of amides is 1. The SMILES string of the molecule is Cn1cc(C(NC(=O)COc2ccccc2)c2cc(Cl)c3cccnc3c2O)c2ccccc21. The summed E-state index contributed by atoms with van der Waals surface area (Å²) in [6.45, 7) is -0.175. The van der Waals surface area contributed by atoms with Gasteiger partial charge in [0.05, 0.1) is 11.1 Å². The molecule has 0 radical (unpaired) electrons. The van der Waals surface area contributed by atoms with E-state index in [4.69, 9.17) is 16.3 Å². The summed E-state index contributed by atoms with van der Waals surface area (Å²) in [4.78, 5) is 17.3. The molecule has 7 heteroatoms. The summed E-state index contributed by atoms with van der Waals surface area (Å²) in [5.41, 5.74) is 2.67. The van der Waals surface area contributed by atoms with Crippen molar-refractivity contribution < 1.29 is 14.6 Å². The molecule has 3 aromatic carbocycles. The van der Waals surface area contributed by atoms with E-state index in [1.54, 1.807) is 36.5 Å².